The van der Waals surface area contributed by atoms with Gasteiger partial charge in [0.05, 0.1) is 0 Å². The minimum absolute atomic E-state index is 0.559. The third-order valence-corrected chi connectivity index (χ3v) is 4.74. The lowest BCUT2D eigenvalue weighted by Gasteiger charge is -2.33. The zero-order chi connectivity index (χ0) is 13.8. The molecule has 0 amide bonds. The molecule has 0 spiro atoms. The Kier molecular flexibility index (Phi) is 4.71. The molecule has 3 heteroatoms. The molecule has 2 aliphatic rings. The van der Waals surface area contributed by atoms with Crippen molar-refractivity contribution in [1.29, 1.82) is 0 Å². The summed E-state index contributed by atoms with van der Waals surface area (Å²) in [6.45, 7) is 5.21. The largest absolute Gasteiger partial charge is 0.381 e. The fourth-order valence-corrected chi connectivity index (χ4v) is 3.56. The Morgan fingerprint density at radius 3 is 2.85 bits per heavy atom. The van der Waals surface area contributed by atoms with Crippen LogP contribution in [0.1, 0.15) is 36.4 Å². The maximum atomic E-state index is 5.47. The van der Waals surface area contributed by atoms with Gasteiger partial charge in [-0.25, -0.2) is 0 Å². The second kappa shape index (κ2) is 6.70. The number of rotatable bonds is 3. The first kappa shape index (κ1) is 14.1. The van der Waals surface area contributed by atoms with Gasteiger partial charge >= 0.3 is 0 Å². The number of nitrogens with zero attached hydrogens (tertiary/aromatic N) is 1. The van der Waals surface area contributed by atoms with Crippen LogP contribution in [0.3, 0.4) is 0 Å². The average Bonchev–Trinajstić information content (AvgIpc) is 2.70. The normalized spacial score (nSPS) is 24.4. The van der Waals surface area contributed by atoms with Crippen LogP contribution in [0.25, 0.3) is 0 Å². The first-order chi connectivity index (χ1) is 9.84. The summed E-state index contributed by atoms with van der Waals surface area (Å²) >= 11 is 0. The molecule has 110 valence electrons. The predicted octanol–water partition coefficient (Wildman–Crippen LogP) is 2.58. The van der Waals surface area contributed by atoms with E-state index in [0.29, 0.717) is 6.04 Å². The van der Waals surface area contributed by atoms with Crippen molar-refractivity contribution < 1.29 is 4.74 Å². The number of fused-ring (bicyclic) bond motifs is 1. The molecule has 1 atom stereocenters. The van der Waals surface area contributed by atoms with E-state index in [4.69, 9.17) is 4.74 Å². The second-order valence-electron chi connectivity index (χ2n) is 6.18. The molecule has 0 aliphatic carbocycles. The number of hydrogen-bond acceptors (Lipinski definition) is 3. The Labute approximate surface area is 122 Å². The fourth-order valence-electron chi connectivity index (χ4n) is 3.56. The van der Waals surface area contributed by atoms with Crippen LogP contribution in [0.4, 0.5) is 0 Å². The van der Waals surface area contributed by atoms with E-state index in [2.05, 4.69) is 41.5 Å². The van der Waals surface area contributed by atoms with E-state index in [0.717, 1.165) is 32.2 Å². The zero-order valence-corrected chi connectivity index (χ0v) is 12.5. The molecule has 0 bridgehead atoms. The molecular weight excluding hydrogens is 248 g/mol. The fraction of sp³-hybridized carbons (Fsp3) is 0.647. The quantitative estimate of drug-likeness (QED) is 0.917. The highest BCUT2D eigenvalue weighted by Crippen LogP contribution is 2.29. The summed E-state index contributed by atoms with van der Waals surface area (Å²) in [5.41, 5.74) is 2.99. The van der Waals surface area contributed by atoms with Crippen LogP contribution >= 0.6 is 0 Å². The predicted molar refractivity (Wildman–Crippen MR) is 81.7 cm³/mol. The van der Waals surface area contributed by atoms with E-state index in [1.807, 2.05) is 0 Å². The van der Waals surface area contributed by atoms with Crippen LogP contribution < -0.4 is 5.32 Å². The van der Waals surface area contributed by atoms with E-state index < -0.39 is 0 Å². The van der Waals surface area contributed by atoms with Crippen LogP contribution in [0, 0.1) is 5.92 Å². The third-order valence-electron chi connectivity index (χ3n) is 4.74. The van der Waals surface area contributed by atoms with Crippen molar-refractivity contribution in [2.45, 2.75) is 31.8 Å². The molecule has 1 aromatic rings. The molecule has 20 heavy (non-hydrogen) atoms. The summed E-state index contributed by atoms with van der Waals surface area (Å²) in [7, 11) is 2.29. The molecule has 0 saturated carbocycles. The summed E-state index contributed by atoms with van der Waals surface area (Å²) in [6, 6.07) is 9.47. The van der Waals surface area contributed by atoms with Crippen molar-refractivity contribution in [2.24, 2.45) is 5.92 Å². The van der Waals surface area contributed by atoms with Gasteiger partial charge in [0.2, 0.25) is 0 Å². The molecule has 0 radical (unpaired) electrons. The van der Waals surface area contributed by atoms with Crippen molar-refractivity contribution in [3.05, 3.63) is 35.4 Å². The Bertz CT molecular complexity index is 429. The van der Waals surface area contributed by atoms with Crippen LogP contribution in [0.15, 0.2) is 24.3 Å². The van der Waals surface area contributed by atoms with Gasteiger partial charge in [-0.1, -0.05) is 24.3 Å². The Hall–Kier alpha value is -0.900. The Morgan fingerprint density at radius 1 is 1.20 bits per heavy atom. The van der Waals surface area contributed by atoms with Gasteiger partial charge in [-0.2, -0.15) is 0 Å². The SMILES string of the molecule is CN(CC1CCOCC1)C1CCNCc2ccccc21. The Morgan fingerprint density at radius 2 is 2.00 bits per heavy atom. The minimum atomic E-state index is 0.559. The highest BCUT2D eigenvalue weighted by atomic mass is 16.5. The van der Waals surface area contributed by atoms with Gasteiger partial charge in [0.15, 0.2) is 0 Å². The van der Waals surface area contributed by atoms with Crippen LogP contribution in [-0.4, -0.2) is 38.3 Å². The first-order valence-corrected chi connectivity index (χ1v) is 7.91. The molecule has 1 saturated heterocycles. The molecule has 3 rings (SSSR count). The number of nitrogens with one attached hydrogen (secondary N) is 1. The van der Waals surface area contributed by atoms with Gasteiger partial charge in [0.1, 0.15) is 0 Å². The maximum absolute atomic E-state index is 5.47. The zero-order valence-electron chi connectivity index (χ0n) is 12.5. The van der Waals surface area contributed by atoms with Crippen molar-refractivity contribution in [3.8, 4) is 0 Å². The van der Waals surface area contributed by atoms with E-state index in [-0.39, 0.29) is 0 Å². The molecule has 1 fully saturated rings. The highest BCUT2D eigenvalue weighted by molar-refractivity contribution is 5.31. The molecule has 1 aromatic carbocycles. The van der Waals surface area contributed by atoms with Crippen LogP contribution in [0.5, 0.6) is 0 Å². The molecule has 2 aliphatic heterocycles. The van der Waals surface area contributed by atoms with Gasteiger partial charge < -0.3 is 10.1 Å². The van der Waals surface area contributed by atoms with E-state index in [9.17, 15) is 0 Å². The molecule has 2 heterocycles. The number of benzene rings is 1. The molecular formula is C17H26N2O. The van der Waals surface area contributed by atoms with Crippen molar-refractivity contribution in [2.75, 3.05) is 33.4 Å². The van der Waals surface area contributed by atoms with Crippen LogP contribution in [-0.2, 0) is 11.3 Å². The average molecular weight is 274 g/mol. The molecule has 0 aromatic heterocycles. The first-order valence-electron chi connectivity index (χ1n) is 7.91. The summed E-state index contributed by atoms with van der Waals surface area (Å²) in [5, 5.41) is 3.55. The lowest BCUT2D eigenvalue weighted by atomic mass is 9.95. The van der Waals surface area contributed by atoms with E-state index in [1.165, 1.54) is 36.9 Å². The van der Waals surface area contributed by atoms with E-state index in [1.54, 1.807) is 0 Å². The van der Waals surface area contributed by atoms with Crippen LogP contribution in [0.2, 0.25) is 0 Å². The summed E-state index contributed by atoms with van der Waals surface area (Å²) < 4.78 is 5.47. The van der Waals surface area contributed by atoms with Gasteiger partial charge in [-0.3, -0.25) is 4.90 Å². The third kappa shape index (κ3) is 3.22. The number of hydrogen-bond donors (Lipinski definition) is 1. The monoisotopic (exact) mass is 274 g/mol. The topological polar surface area (TPSA) is 24.5 Å². The summed E-state index contributed by atoms with van der Waals surface area (Å²) in [6.07, 6.45) is 3.64. The minimum Gasteiger partial charge on any atom is -0.381 e. The van der Waals surface area contributed by atoms with Crippen molar-refractivity contribution >= 4 is 0 Å². The molecule has 3 nitrogen and oxygen atoms in total. The lowest BCUT2D eigenvalue weighted by Crippen LogP contribution is -2.33. The summed E-state index contributed by atoms with van der Waals surface area (Å²) in [5.74, 6) is 0.803. The number of ether oxygens (including phenoxy) is 1. The summed E-state index contributed by atoms with van der Waals surface area (Å²) in [4.78, 5) is 2.57. The van der Waals surface area contributed by atoms with Gasteiger partial charge in [0.25, 0.3) is 0 Å². The van der Waals surface area contributed by atoms with Gasteiger partial charge in [-0.15, -0.1) is 0 Å². The van der Waals surface area contributed by atoms with Gasteiger partial charge in [0, 0.05) is 32.3 Å². The molecule has 1 N–H and O–H groups in total. The molecule has 1 unspecified atom stereocenters. The standard InChI is InChI=1S/C17H26N2O/c1-19(13-14-7-10-20-11-8-14)17-6-9-18-12-15-4-2-3-5-16(15)17/h2-5,14,17-18H,6-13H2,1H3. The smallest absolute Gasteiger partial charge is 0.0469 e. The van der Waals surface area contributed by atoms with E-state index >= 15 is 0 Å². The second-order valence-corrected chi connectivity index (χ2v) is 6.18. The maximum Gasteiger partial charge on any atom is 0.0469 e. The highest BCUT2D eigenvalue weighted by Gasteiger charge is 2.24. The van der Waals surface area contributed by atoms with Crippen molar-refractivity contribution in [3.63, 3.8) is 0 Å². The van der Waals surface area contributed by atoms with Gasteiger partial charge in [-0.05, 0) is 49.9 Å². The lowest BCUT2D eigenvalue weighted by molar-refractivity contribution is 0.0497. The Balaban J connectivity index is 1.71. The van der Waals surface area contributed by atoms with Crippen molar-refractivity contribution in [1.82, 2.24) is 10.2 Å².